The standard InChI is InChI=1S/C10H15N/c1-2-10(7-11)5-8-3-4-9(8)6-10/h8-9H,2-6H2,1H3. The monoisotopic (exact) mass is 149 g/mol. The van der Waals surface area contributed by atoms with Crippen LogP contribution in [0.15, 0.2) is 0 Å². The van der Waals surface area contributed by atoms with E-state index in [4.69, 9.17) is 5.26 Å². The van der Waals surface area contributed by atoms with Crippen LogP contribution in [0.4, 0.5) is 0 Å². The predicted octanol–water partition coefficient (Wildman–Crippen LogP) is 2.73. The lowest BCUT2D eigenvalue weighted by atomic mass is 9.77. The number of rotatable bonds is 1. The molecule has 0 N–H and O–H groups in total. The fourth-order valence-corrected chi connectivity index (χ4v) is 2.72. The van der Waals surface area contributed by atoms with Crippen LogP contribution in [0.5, 0.6) is 0 Å². The Morgan fingerprint density at radius 1 is 1.36 bits per heavy atom. The lowest BCUT2D eigenvalue weighted by Gasteiger charge is -2.29. The van der Waals surface area contributed by atoms with Crippen molar-refractivity contribution in [1.29, 1.82) is 5.26 Å². The summed E-state index contributed by atoms with van der Waals surface area (Å²) in [5.41, 5.74) is 0.0891. The Kier molecular flexibility index (Phi) is 1.45. The van der Waals surface area contributed by atoms with Crippen molar-refractivity contribution < 1.29 is 0 Å². The maximum absolute atomic E-state index is 9.03. The van der Waals surface area contributed by atoms with Crippen molar-refractivity contribution in [3.8, 4) is 6.07 Å². The van der Waals surface area contributed by atoms with E-state index in [1.165, 1.54) is 25.7 Å². The van der Waals surface area contributed by atoms with Gasteiger partial charge >= 0.3 is 0 Å². The highest BCUT2D eigenvalue weighted by Crippen LogP contribution is 2.56. The largest absolute Gasteiger partial charge is 0.198 e. The molecule has 2 saturated carbocycles. The van der Waals surface area contributed by atoms with Crippen LogP contribution in [0.3, 0.4) is 0 Å². The van der Waals surface area contributed by atoms with Gasteiger partial charge in [-0.05, 0) is 43.9 Å². The predicted molar refractivity (Wildman–Crippen MR) is 43.8 cm³/mol. The molecule has 2 aliphatic rings. The summed E-state index contributed by atoms with van der Waals surface area (Å²) in [5, 5.41) is 9.03. The van der Waals surface area contributed by atoms with Crippen molar-refractivity contribution in [2.45, 2.75) is 39.0 Å². The average Bonchev–Trinajstić information content (AvgIpc) is 2.27. The minimum Gasteiger partial charge on any atom is -0.198 e. The molecule has 0 aromatic carbocycles. The molecule has 1 heteroatoms. The Bertz CT molecular complexity index is 189. The molecule has 2 atom stereocenters. The Labute approximate surface area is 68.4 Å². The van der Waals surface area contributed by atoms with Crippen LogP contribution in [0.1, 0.15) is 39.0 Å². The van der Waals surface area contributed by atoms with Gasteiger partial charge in [0.25, 0.3) is 0 Å². The minimum atomic E-state index is 0.0891. The van der Waals surface area contributed by atoms with Crippen molar-refractivity contribution in [3.05, 3.63) is 0 Å². The van der Waals surface area contributed by atoms with Gasteiger partial charge in [-0.1, -0.05) is 6.92 Å². The van der Waals surface area contributed by atoms with Crippen molar-refractivity contribution in [2.24, 2.45) is 17.3 Å². The maximum Gasteiger partial charge on any atom is 0.0689 e. The Morgan fingerprint density at radius 2 is 1.91 bits per heavy atom. The molecule has 2 fully saturated rings. The first-order valence-electron chi connectivity index (χ1n) is 4.71. The van der Waals surface area contributed by atoms with Crippen LogP contribution < -0.4 is 0 Å². The molecule has 0 amide bonds. The topological polar surface area (TPSA) is 23.8 Å². The summed E-state index contributed by atoms with van der Waals surface area (Å²) in [6.07, 6.45) is 6.26. The van der Waals surface area contributed by atoms with Gasteiger partial charge in [-0.2, -0.15) is 5.26 Å². The van der Waals surface area contributed by atoms with Gasteiger partial charge in [0, 0.05) is 0 Å². The molecule has 1 nitrogen and oxygen atoms in total. The van der Waals surface area contributed by atoms with Gasteiger partial charge in [-0.15, -0.1) is 0 Å². The first-order chi connectivity index (χ1) is 5.29. The second-order valence-electron chi connectivity index (χ2n) is 4.25. The van der Waals surface area contributed by atoms with Gasteiger partial charge in [-0.3, -0.25) is 0 Å². The highest BCUT2D eigenvalue weighted by atomic mass is 14.5. The van der Waals surface area contributed by atoms with E-state index in [9.17, 15) is 0 Å². The third-order valence-corrected chi connectivity index (χ3v) is 3.79. The van der Waals surface area contributed by atoms with Crippen LogP contribution >= 0.6 is 0 Å². The third kappa shape index (κ3) is 0.888. The zero-order valence-electron chi connectivity index (χ0n) is 7.14. The van der Waals surface area contributed by atoms with E-state index in [0.717, 1.165) is 18.3 Å². The number of hydrogen-bond acceptors (Lipinski definition) is 1. The maximum atomic E-state index is 9.03. The Balaban J connectivity index is 2.11. The van der Waals surface area contributed by atoms with Crippen LogP contribution in [0.25, 0.3) is 0 Å². The van der Waals surface area contributed by atoms with E-state index in [-0.39, 0.29) is 5.41 Å². The van der Waals surface area contributed by atoms with Crippen LogP contribution in [-0.4, -0.2) is 0 Å². The zero-order chi connectivity index (χ0) is 7.90. The third-order valence-electron chi connectivity index (χ3n) is 3.79. The molecule has 2 aliphatic carbocycles. The quantitative estimate of drug-likeness (QED) is 0.562. The fourth-order valence-electron chi connectivity index (χ4n) is 2.72. The lowest BCUT2D eigenvalue weighted by molar-refractivity contribution is 0.219. The Morgan fingerprint density at radius 3 is 2.18 bits per heavy atom. The highest BCUT2D eigenvalue weighted by Gasteiger charge is 2.48. The molecule has 0 aromatic heterocycles. The van der Waals surface area contributed by atoms with Gasteiger partial charge in [0.1, 0.15) is 0 Å². The molecule has 11 heavy (non-hydrogen) atoms. The normalized spacial score (nSPS) is 47.6. The fraction of sp³-hybridized carbons (Fsp3) is 0.900. The lowest BCUT2D eigenvalue weighted by Crippen LogP contribution is -2.18. The zero-order valence-corrected chi connectivity index (χ0v) is 7.14. The van der Waals surface area contributed by atoms with Gasteiger partial charge in [0.05, 0.1) is 11.5 Å². The summed E-state index contributed by atoms with van der Waals surface area (Å²) in [6.45, 7) is 2.16. The second kappa shape index (κ2) is 2.24. The van der Waals surface area contributed by atoms with Crippen LogP contribution in [0, 0.1) is 28.6 Å². The van der Waals surface area contributed by atoms with Crippen molar-refractivity contribution in [2.75, 3.05) is 0 Å². The average molecular weight is 149 g/mol. The van der Waals surface area contributed by atoms with E-state index >= 15 is 0 Å². The van der Waals surface area contributed by atoms with Crippen molar-refractivity contribution in [1.82, 2.24) is 0 Å². The highest BCUT2D eigenvalue weighted by molar-refractivity contribution is 5.08. The van der Waals surface area contributed by atoms with Crippen molar-refractivity contribution >= 4 is 0 Å². The number of fused-ring (bicyclic) bond motifs is 1. The van der Waals surface area contributed by atoms with Crippen molar-refractivity contribution in [3.63, 3.8) is 0 Å². The van der Waals surface area contributed by atoms with Crippen LogP contribution in [0.2, 0.25) is 0 Å². The summed E-state index contributed by atoms with van der Waals surface area (Å²) in [5.74, 6) is 1.85. The molecule has 0 heterocycles. The summed E-state index contributed by atoms with van der Waals surface area (Å²) >= 11 is 0. The number of hydrogen-bond donors (Lipinski definition) is 0. The molecule has 0 bridgehead atoms. The van der Waals surface area contributed by atoms with E-state index in [1.54, 1.807) is 0 Å². The molecular formula is C10H15N. The first kappa shape index (κ1) is 7.16. The van der Waals surface area contributed by atoms with E-state index in [1.807, 2.05) is 0 Å². The number of nitrogens with zero attached hydrogens (tertiary/aromatic N) is 1. The van der Waals surface area contributed by atoms with Gasteiger partial charge in [-0.25, -0.2) is 0 Å². The second-order valence-corrected chi connectivity index (χ2v) is 4.25. The molecule has 60 valence electrons. The van der Waals surface area contributed by atoms with E-state index < -0.39 is 0 Å². The molecule has 0 radical (unpaired) electrons. The summed E-state index contributed by atoms with van der Waals surface area (Å²) in [6, 6.07) is 2.53. The Hall–Kier alpha value is -0.510. The number of nitriles is 1. The smallest absolute Gasteiger partial charge is 0.0689 e. The molecule has 0 aliphatic heterocycles. The molecule has 2 rings (SSSR count). The molecule has 2 unspecified atom stereocenters. The van der Waals surface area contributed by atoms with E-state index in [0.29, 0.717) is 0 Å². The molecule has 0 spiro atoms. The summed E-state index contributed by atoms with van der Waals surface area (Å²) < 4.78 is 0. The SMILES string of the molecule is CCC1(C#N)CC2CCC2C1. The van der Waals surface area contributed by atoms with Crippen LogP contribution in [-0.2, 0) is 0 Å². The van der Waals surface area contributed by atoms with Gasteiger partial charge < -0.3 is 0 Å². The minimum absolute atomic E-state index is 0.0891. The van der Waals surface area contributed by atoms with Gasteiger partial charge in [0.2, 0.25) is 0 Å². The summed E-state index contributed by atoms with van der Waals surface area (Å²) in [7, 11) is 0. The molecule has 0 aromatic rings. The summed E-state index contributed by atoms with van der Waals surface area (Å²) in [4.78, 5) is 0. The molecular weight excluding hydrogens is 134 g/mol. The van der Waals surface area contributed by atoms with E-state index in [2.05, 4.69) is 13.0 Å². The molecule has 0 saturated heterocycles. The first-order valence-corrected chi connectivity index (χ1v) is 4.71. The van der Waals surface area contributed by atoms with Gasteiger partial charge in [0.15, 0.2) is 0 Å².